The molecule has 4 heteroatoms. The molecule has 0 bridgehead atoms. The summed E-state index contributed by atoms with van der Waals surface area (Å²) in [5.41, 5.74) is 0.404. The van der Waals surface area contributed by atoms with Crippen molar-refractivity contribution in [2.45, 2.75) is 58.9 Å². The molecule has 4 nitrogen and oxygen atoms in total. The normalized spacial score (nSPS) is 24.6. The van der Waals surface area contributed by atoms with Crippen molar-refractivity contribution in [1.29, 1.82) is 0 Å². The van der Waals surface area contributed by atoms with Crippen LogP contribution in [-0.4, -0.2) is 27.4 Å². The highest BCUT2D eigenvalue weighted by Gasteiger charge is 2.33. The zero-order chi connectivity index (χ0) is 13.9. The maximum atomic E-state index is 4.33. The van der Waals surface area contributed by atoms with Crippen LogP contribution in [0.4, 0.5) is 0 Å². The van der Waals surface area contributed by atoms with E-state index >= 15 is 0 Å². The van der Waals surface area contributed by atoms with E-state index in [1.54, 1.807) is 11.0 Å². The highest BCUT2D eigenvalue weighted by Crippen LogP contribution is 2.37. The van der Waals surface area contributed by atoms with Gasteiger partial charge in [-0.25, -0.2) is 4.98 Å². The highest BCUT2D eigenvalue weighted by atomic mass is 15.3. The Labute approximate surface area is 117 Å². The van der Waals surface area contributed by atoms with Crippen molar-refractivity contribution in [3.63, 3.8) is 0 Å². The summed E-state index contributed by atoms with van der Waals surface area (Å²) in [7, 11) is 1.92. The van der Waals surface area contributed by atoms with E-state index in [-0.39, 0.29) is 0 Å². The number of hydrogen-bond donors (Lipinski definition) is 1. The van der Waals surface area contributed by atoms with Gasteiger partial charge in [-0.3, -0.25) is 4.68 Å². The SMILES string of the molecule is Cn1cnc(CCNC2CCCCC2C(C)(C)C)n1. The Morgan fingerprint density at radius 1 is 1.32 bits per heavy atom. The van der Waals surface area contributed by atoms with Crippen molar-refractivity contribution in [1.82, 2.24) is 20.1 Å². The highest BCUT2D eigenvalue weighted by molar-refractivity contribution is 4.89. The van der Waals surface area contributed by atoms with Gasteiger partial charge in [0.1, 0.15) is 6.33 Å². The van der Waals surface area contributed by atoms with Gasteiger partial charge in [0.2, 0.25) is 0 Å². The van der Waals surface area contributed by atoms with Crippen LogP contribution in [-0.2, 0) is 13.5 Å². The van der Waals surface area contributed by atoms with Crippen molar-refractivity contribution in [2.24, 2.45) is 18.4 Å². The van der Waals surface area contributed by atoms with Gasteiger partial charge in [-0.1, -0.05) is 33.6 Å². The maximum absolute atomic E-state index is 4.33. The number of hydrogen-bond acceptors (Lipinski definition) is 3. The summed E-state index contributed by atoms with van der Waals surface area (Å²) in [5.74, 6) is 1.73. The lowest BCUT2D eigenvalue weighted by molar-refractivity contribution is 0.131. The Kier molecular flexibility index (Phi) is 4.61. The summed E-state index contributed by atoms with van der Waals surface area (Å²) in [4.78, 5) is 4.28. The van der Waals surface area contributed by atoms with E-state index in [9.17, 15) is 0 Å². The molecule has 1 heterocycles. The van der Waals surface area contributed by atoms with E-state index in [0.717, 1.165) is 24.7 Å². The predicted molar refractivity (Wildman–Crippen MR) is 77.9 cm³/mol. The van der Waals surface area contributed by atoms with E-state index in [0.29, 0.717) is 11.5 Å². The molecule has 0 aliphatic heterocycles. The van der Waals surface area contributed by atoms with Gasteiger partial charge in [0.15, 0.2) is 5.82 Å². The summed E-state index contributed by atoms with van der Waals surface area (Å²) >= 11 is 0. The fourth-order valence-electron chi connectivity index (χ4n) is 3.28. The molecule has 0 aromatic carbocycles. The first-order valence-corrected chi connectivity index (χ1v) is 7.55. The molecule has 0 spiro atoms. The van der Waals surface area contributed by atoms with E-state index in [1.807, 2.05) is 7.05 Å². The van der Waals surface area contributed by atoms with Gasteiger partial charge in [-0.2, -0.15) is 5.10 Å². The minimum Gasteiger partial charge on any atom is -0.313 e. The predicted octanol–water partition coefficient (Wildman–Crippen LogP) is 2.55. The summed E-state index contributed by atoms with van der Waals surface area (Å²) in [5, 5.41) is 8.07. The smallest absolute Gasteiger partial charge is 0.151 e. The topological polar surface area (TPSA) is 42.7 Å². The summed E-state index contributed by atoms with van der Waals surface area (Å²) < 4.78 is 1.77. The molecule has 2 unspecified atom stereocenters. The van der Waals surface area contributed by atoms with Crippen molar-refractivity contribution >= 4 is 0 Å². The number of aromatic nitrogens is 3. The van der Waals surface area contributed by atoms with E-state index < -0.39 is 0 Å². The number of rotatable bonds is 4. The van der Waals surface area contributed by atoms with E-state index in [4.69, 9.17) is 0 Å². The average Bonchev–Trinajstić information content (AvgIpc) is 2.74. The van der Waals surface area contributed by atoms with Crippen LogP contribution in [0, 0.1) is 11.3 Å². The van der Waals surface area contributed by atoms with Crippen molar-refractivity contribution < 1.29 is 0 Å². The summed E-state index contributed by atoms with van der Waals surface area (Å²) in [6.07, 6.45) is 8.14. The number of aryl methyl sites for hydroxylation is 1. The second-order valence-corrected chi connectivity index (χ2v) is 6.90. The Morgan fingerprint density at radius 2 is 2.05 bits per heavy atom. The van der Waals surface area contributed by atoms with Crippen LogP contribution in [0.1, 0.15) is 52.3 Å². The van der Waals surface area contributed by atoms with Gasteiger partial charge in [0.25, 0.3) is 0 Å². The molecule has 1 aromatic heterocycles. The average molecular weight is 264 g/mol. The monoisotopic (exact) mass is 264 g/mol. The van der Waals surface area contributed by atoms with Gasteiger partial charge in [-0.05, 0) is 24.2 Å². The fourth-order valence-corrected chi connectivity index (χ4v) is 3.28. The first kappa shape index (κ1) is 14.5. The lowest BCUT2D eigenvalue weighted by Gasteiger charge is -2.41. The van der Waals surface area contributed by atoms with Crippen LogP contribution in [0.25, 0.3) is 0 Å². The first-order valence-electron chi connectivity index (χ1n) is 7.55. The van der Waals surface area contributed by atoms with Gasteiger partial charge in [0, 0.05) is 26.1 Å². The Hall–Kier alpha value is -0.900. The van der Waals surface area contributed by atoms with Crippen LogP contribution >= 0.6 is 0 Å². The number of nitrogens with one attached hydrogen (secondary N) is 1. The van der Waals surface area contributed by atoms with Crippen molar-refractivity contribution in [2.75, 3.05) is 6.54 Å². The number of nitrogens with zero attached hydrogens (tertiary/aromatic N) is 3. The van der Waals surface area contributed by atoms with Crippen molar-refractivity contribution in [3.05, 3.63) is 12.2 Å². The lowest BCUT2D eigenvalue weighted by Crippen LogP contribution is -2.44. The maximum Gasteiger partial charge on any atom is 0.151 e. The largest absolute Gasteiger partial charge is 0.313 e. The fraction of sp³-hybridized carbons (Fsp3) is 0.867. The zero-order valence-corrected chi connectivity index (χ0v) is 12.8. The quantitative estimate of drug-likeness (QED) is 0.909. The molecule has 1 aliphatic carbocycles. The third kappa shape index (κ3) is 4.03. The molecule has 2 rings (SSSR count). The van der Waals surface area contributed by atoms with Gasteiger partial charge < -0.3 is 5.32 Å². The Bertz CT molecular complexity index is 391. The summed E-state index contributed by atoms with van der Waals surface area (Å²) in [6, 6.07) is 0.664. The standard InChI is InChI=1S/C15H28N4/c1-15(2,3)12-7-5-6-8-13(12)16-10-9-14-17-11-19(4)18-14/h11-13,16H,5-10H2,1-4H3. The molecular formula is C15H28N4. The molecule has 0 amide bonds. The van der Waals surface area contributed by atoms with Gasteiger partial charge in [0.05, 0.1) is 0 Å². The van der Waals surface area contributed by atoms with E-state index in [2.05, 4.69) is 36.2 Å². The van der Waals surface area contributed by atoms with Crippen LogP contribution < -0.4 is 5.32 Å². The van der Waals surface area contributed by atoms with Crippen LogP contribution in [0.5, 0.6) is 0 Å². The molecule has 1 fully saturated rings. The minimum atomic E-state index is 0.404. The molecule has 108 valence electrons. The molecule has 1 saturated carbocycles. The van der Waals surface area contributed by atoms with Crippen LogP contribution in [0.15, 0.2) is 6.33 Å². The molecule has 1 aliphatic rings. The van der Waals surface area contributed by atoms with Crippen molar-refractivity contribution in [3.8, 4) is 0 Å². The Balaban J connectivity index is 1.83. The lowest BCUT2D eigenvalue weighted by atomic mass is 9.69. The molecular weight excluding hydrogens is 236 g/mol. The zero-order valence-electron chi connectivity index (χ0n) is 12.8. The van der Waals surface area contributed by atoms with Crippen LogP contribution in [0.2, 0.25) is 0 Å². The van der Waals surface area contributed by atoms with Crippen LogP contribution in [0.3, 0.4) is 0 Å². The summed E-state index contributed by atoms with van der Waals surface area (Å²) in [6.45, 7) is 8.11. The Morgan fingerprint density at radius 3 is 2.68 bits per heavy atom. The second kappa shape index (κ2) is 6.04. The minimum absolute atomic E-state index is 0.404. The van der Waals surface area contributed by atoms with Gasteiger partial charge >= 0.3 is 0 Å². The second-order valence-electron chi connectivity index (χ2n) is 6.90. The molecule has 0 radical (unpaired) electrons. The molecule has 1 N–H and O–H groups in total. The third-order valence-corrected chi connectivity index (χ3v) is 4.28. The van der Waals surface area contributed by atoms with E-state index in [1.165, 1.54) is 25.7 Å². The molecule has 2 atom stereocenters. The molecule has 0 saturated heterocycles. The first-order chi connectivity index (χ1) is 8.97. The molecule has 19 heavy (non-hydrogen) atoms. The third-order valence-electron chi connectivity index (χ3n) is 4.28. The van der Waals surface area contributed by atoms with Gasteiger partial charge in [-0.15, -0.1) is 0 Å². The molecule has 1 aromatic rings.